The third-order valence-electron chi connectivity index (χ3n) is 4.41. The van der Waals surface area contributed by atoms with Gasteiger partial charge in [-0.15, -0.1) is 11.3 Å². The summed E-state index contributed by atoms with van der Waals surface area (Å²) in [6.07, 6.45) is 0.344. The van der Waals surface area contributed by atoms with E-state index in [2.05, 4.69) is 15.6 Å². The van der Waals surface area contributed by atoms with Gasteiger partial charge in [-0.2, -0.15) is 0 Å². The maximum absolute atomic E-state index is 12.4. The molecule has 0 saturated carbocycles. The fraction of sp³-hybridized carbons (Fsp3) is 0.105. The summed E-state index contributed by atoms with van der Waals surface area (Å²) in [5.41, 5.74) is 3.99. The molecule has 0 saturated heterocycles. The summed E-state index contributed by atoms with van der Waals surface area (Å²) in [4.78, 5) is 38.7. The summed E-state index contributed by atoms with van der Waals surface area (Å²) in [5, 5.41) is 18.6. The Morgan fingerprint density at radius 2 is 2.11 bits per heavy atom. The smallest absolute Gasteiger partial charge is 0.272 e. The van der Waals surface area contributed by atoms with E-state index in [4.69, 9.17) is 0 Å². The van der Waals surface area contributed by atoms with E-state index in [1.807, 2.05) is 23.6 Å². The second-order valence-corrected chi connectivity index (χ2v) is 7.21. The molecule has 1 aliphatic rings. The predicted octanol–water partition coefficient (Wildman–Crippen LogP) is 3.77. The molecule has 9 heteroatoms. The first-order chi connectivity index (χ1) is 13.4. The van der Waals surface area contributed by atoms with Crippen LogP contribution in [0.3, 0.4) is 0 Å². The van der Waals surface area contributed by atoms with Gasteiger partial charge in [-0.25, -0.2) is 4.98 Å². The van der Waals surface area contributed by atoms with E-state index in [9.17, 15) is 19.7 Å². The minimum absolute atomic E-state index is 0.0299. The summed E-state index contributed by atoms with van der Waals surface area (Å²) in [6.45, 7) is 1.59. The molecule has 0 atom stereocenters. The number of nitrogens with zero attached hydrogens (tertiary/aromatic N) is 2. The van der Waals surface area contributed by atoms with Crippen molar-refractivity contribution in [1.82, 2.24) is 4.98 Å². The van der Waals surface area contributed by atoms with Crippen LogP contribution in [0.25, 0.3) is 11.3 Å². The van der Waals surface area contributed by atoms with Crippen molar-refractivity contribution in [2.75, 3.05) is 10.6 Å². The Morgan fingerprint density at radius 3 is 2.86 bits per heavy atom. The first kappa shape index (κ1) is 17.8. The van der Waals surface area contributed by atoms with Crippen LogP contribution in [0, 0.1) is 17.0 Å². The number of hydrogen-bond donors (Lipinski definition) is 2. The Bertz CT molecular complexity index is 1140. The number of benzene rings is 2. The zero-order valence-corrected chi connectivity index (χ0v) is 15.5. The molecule has 2 heterocycles. The molecule has 0 bridgehead atoms. The Kier molecular flexibility index (Phi) is 4.36. The van der Waals surface area contributed by atoms with Gasteiger partial charge in [0.2, 0.25) is 5.91 Å². The fourth-order valence-electron chi connectivity index (χ4n) is 3.02. The minimum Gasteiger partial charge on any atom is -0.326 e. The molecule has 2 amide bonds. The summed E-state index contributed by atoms with van der Waals surface area (Å²) in [7, 11) is 0. The van der Waals surface area contributed by atoms with Crippen molar-refractivity contribution in [1.29, 1.82) is 0 Å². The van der Waals surface area contributed by atoms with Crippen LogP contribution in [0.5, 0.6) is 0 Å². The van der Waals surface area contributed by atoms with Crippen molar-refractivity contribution in [3.8, 4) is 11.3 Å². The van der Waals surface area contributed by atoms with Crippen LogP contribution in [0.1, 0.15) is 21.5 Å². The van der Waals surface area contributed by atoms with Gasteiger partial charge in [0.1, 0.15) is 0 Å². The number of rotatable bonds is 4. The second-order valence-electron chi connectivity index (χ2n) is 6.35. The highest BCUT2D eigenvalue weighted by atomic mass is 32.1. The quantitative estimate of drug-likeness (QED) is 0.516. The first-order valence-electron chi connectivity index (χ1n) is 8.36. The molecular weight excluding hydrogens is 380 g/mol. The lowest BCUT2D eigenvalue weighted by Gasteiger charge is -2.04. The third kappa shape index (κ3) is 3.35. The van der Waals surface area contributed by atoms with Crippen molar-refractivity contribution < 1.29 is 14.5 Å². The van der Waals surface area contributed by atoms with E-state index < -0.39 is 4.92 Å². The largest absolute Gasteiger partial charge is 0.326 e. The van der Waals surface area contributed by atoms with Gasteiger partial charge < -0.3 is 5.32 Å². The van der Waals surface area contributed by atoms with Gasteiger partial charge in [0.25, 0.3) is 11.6 Å². The SMILES string of the molecule is Cc1cc(C(=O)Nc2nc(-c3ccc4c(c3)CC(=O)N4)cs2)ccc1[N+](=O)[O-]. The molecule has 0 fully saturated rings. The number of anilines is 2. The van der Waals surface area contributed by atoms with Gasteiger partial charge in [-0.1, -0.05) is 6.07 Å². The Hall–Kier alpha value is -3.59. The van der Waals surface area contributed by atoms with Gasteiger partial charge in [-0.05, 0) is 36.8 Å². The zero-order chi connectivity index (χ0) is 19.8. The second kappa shape index (κ2) is 6.86. The highest BCUT2D eigenvalue weighted by Gasteiger charge is 2.19. The summed E-state index contributed by atoms with van der Waals surface area (Å²) >= 11 is 1.28. The number of nitrogens with one attached hydrogen (secondary N) is 2. The Labute approximate surface area is 163 Å². The van der Waals surface area contributed by atoms with Crippen LogP contribution in [-0.4, -0.2) is 21.7 Å². The molecule has 28 heavy (non-hydrogen) atoms. The average molecular weight is 394 g/mol. The number of carbonyl (C=O) groups is 2. The van der Waals surface area contributed by atoms with E-state index in [1.54, 1.807) is 6.92 Å². The van der Waals surface area contributed by atoms with Crippen molar-refractivity contribution in [2.45, 2.75) is 13.3 Å². The topological polar surface area (TPSA) is 114 Å². The minimum atomic E-state index is -0.482. The molecular formula is C19H14N4O4S. The molecule has 0 radical (unpaired) electrons. The fourth-order valence-corrected chi connectivity index (χ4v) is 3.74. The third-order valence-corrected chi connectivity index (χ3v) is 5.16. The van der Waals surface area contributed by atoms with E-state index in [1.165, 1.54) is 29.5 Å². The van der Waals surface area contributed by atoms with Crippen LogP contribution in [0.4, 0.5) is 16.5 Å². The highest BCUT2D eigenvalue weighted by molar-refractivity contribution is 7.14. The lowest BCUT2D eigenvalue weighted by atomic mass is 10.1. The average Bonchev–Trinajstić information content (AvgIpc) is 3.25. The molecule has 4 rings (SSSR count). The van der Waals surface area contributed by atoms with Gasteiger partial charge in [0, 0.05) is 33.8 Å². The molecule has 2 aromatic carbocycles. The number of hydrogen-bond acceptors (Lipinski definition) is 6. The molecule has 140 valence electrons. The summed E-state index contributed by atoms with van der Waals surface area (Å²) < 4.78 is 0. The van der Waals surface area contributed by atoms with E-state index in [0.717, 1.165) is 16.8 Å². The zero-order valence-electron chi connectivity index (χ0n) is 14.7. The normalized spacial score (nSPS) is 12.4. The van der Waals surface area contributed by atoms with Crippen molar-refractivity contribution in [3.05, 3.63) is 68.6 Å². The number of thiazole rings is 1. The van der Waals surface area contributed by atoms with E-state index in [-0.39, 0.29) is 17.5 Å². The monoisotopic (exact) mass is 394 g/mol. The van der Waals surface area contributed by atoms with Crippen LogP contribution in [0.15, 0.2) is 41.8 Å². The highest BCUT2D eigenvalue weighted by Crippen LogP contribution is 2.31. The number of aromatic nitrogens is 1. The predicted molar refractivity (Wildman–Crippen MR) is 106 cm³/mol. The first-order valence-corrected chi connectivity index (χ1v) is 9.24. The van der Waals surface area contributed by atoms with Gasteiger partial charge in [0.05, 0.1) is 17.0 Å². The van der Waals surface area contributed by atoms with Crippen LogP contribution in [0.2, 0.25) is 0 Å². The number of nitro groups is 1. The lowest BCUT2D eigenvalue weighted by Crippen LogP contribution is -2.12. The van der Waals surface area contributed by atoms with Gasteiger partial charge >= 0.3 is 0 Å². The summed E-state index contributed by atoms with van der Waals surface area (Å²) in [5.74, 6) is -0.417. The molecule has 0 aliphatic carbocycles. The molecule has 1 aliphatic heterocycles. The van der Waals surface area contributed by atoms with E-state index >= 15 is 0 Å². The number of aryl methyl sites for hydroxylation is 1. The number of nitro benzene ring substituents is 1. The van der Waals surface area contributed by atoms with Crippen LogP contribution < -0.4 is 10.6 Å². The van der Waals surface area contributed by atoms with Crippen molar-refractivity contribution in [2.24, 2.45) is 0 Å². The maximum Gasteiger partial charge on any atom is 0.272 e. The number of amides is 2. The van der Waals surface area contributed by atoms with Crippen molar-refractivity contribution >= 4 is 39.7 Å². The maximum atomic E-state index is 12.4. The Morgan fingerprint density at radius 1 is 1.29 bits per heavy atom. The number of carbonyl (C=O) groups excluding carboxylic acids is 2. The van der Waals surface area contributed by atoms with Gasteiger partial charge in [0.15, 0.2) is 5.13 Å². The Balaban J connectivity index is 1.52. The molecule has 0 unspecified atom stereocenters. The molecule has 1 aromatic heterocycles. The van der Waals surface area contributed by atoms with Crippen molar-refractivity contribution in [3.63, 3.8) is 0 Å². The molecule has 0 spiro atoms. The molecule has 8 nitrogen and oxygen atoms in total. The molecule has 3 aromatic rings. The standard InChI is InChI=1S/C19H14N4O4S/c1-10-6-12(3-5-16(10)23(26)27)18(25)22-19-21-15(9-28-19)11-2-4-14-13(7-11)8-17(24)20-14/h2-7,9H,8H2,1H3,(H,20,24)(H,21,22,25). The number of fused-ring (bicyclic) bond motifs is 1. The van der Waals surface area contributed by atoms with Crippen LogP contribution >= 0.6 is 11.3 Å². The lowest BCUT2D eigenvalue weighted by molar-refractivity contribution is -0.385. The molecule has 2 N–H and O–H groups in total. The van der Waals surface area contributed by atoms with E-state index in [0.29, 0.717) is 28.4 Å². The summed E-state index contributed by atoms with van der Waals surface area (Å²) in [6, 6.07) is 9.83. The van der Waals surface area contributed by atoms with Crippen LogP contribution in [-0.2, 0) is 11.2 Å². The van der Waals surface area contributed by atoms with Gasteiger partial charge in [-0.3, -0.25) is 25.0 Å².